The molecule has 0 spiro atoms. The summed E-state index contributed by atoms with van der Waals surface area (Å²) in [6, 6.07) is -0.0657. The van der Waals surface area contributed by atoms with E-state index < -0.39 is 30.9 Å². The fourth-order valence-electron chi connectivity index (χ4n) is 1.12. The average molecular weight is 232 g/mol. The van der Waals surface area contributed by atoms with Gasteiger partial charge in [0.15, 0.2) is 0 Å². The number of carboxylic acid groups (broad SMARTS) is 2. The molecule has 92 valence electrons. The van der Waals surface area contributed by atoms with Crippen LogP contribution in [0.15, 0.2) is 0 Å². The highest BCUT2D eigenvalue weighted by Gasteiger charge is 2.16. The van der Waals surface area contributed by atoms with Crippen LogP contribution in [0.3, 0.4) is 0 Å². The van der Waals surface area contributed by atoms with Crippen molar-refractivity contribution in [2.75, 3.05) is 19.6 Å². The average Bonchev–Trinajstić information content (AvgIpc) is 1.97. The summed E-state index contributed by atoms with van der Waals surface area (Å²) in [5.74, 6) is -2.73. The molecule has 3 N–H and O–H groups in total. The van der Waals surface area contributed by atoms with Crippen LogP contribution < -0.4 is 5.32 Å². The maximum Gasteiger partial charge on any atom is 0.317 e. The fraction of sp³-hybridized carbons (Fsp3) is 0.667. The Bertz CT molecular complexity index is 261. The minimum Gasteiger partial charge on any atom is -0.480 e. The summed E-state index contributed by atoms with van der Waals surface area (Å²) < 4.78 is 0. The normalized spacial score (nSPS) is 10.5. The Hall–Kier alpha value is -1.63. The number of amides is 1. The minimum absolute atomic E-state index is 0.0657. The summed E-state index contributed by atoms with van der Waals surface area (Å²) in [7, 11) is 0. The zero-order chi connectivity index (χ0) is 12.7. The Morgan fingerprint density at radius 1 is 1.06 bits per heavy atom. The topological polar surface area (TPSA) is 107 Å². The number of nitrogens with one attached hydrogen (secondary N) is 1. The van der Waals surface area contributed by atoms with Crippen molar-refractivity contribution in [3.63, 3.8) is 0 Å². The molecule has 0 aliphatic heterocycles. The Kier molecular flexibility index (Phi) is 6.09. The second-order valence-corrected chi connectivity index (χ2v) is 3.65. The number of carboxylic acids is 2. The number of hydrogen-bond acceptors (Lipinski definition) is 4. The monoisotopic (exact) mass is 232 g/mol. The maximum absolute atomic E-state index is 11.3. The molecular weight excluding hydrogens is 216 g/mol. The van der Waals surface area contributed by atoms with Crippen LogP contribution in [0.5, 0.6) is 0 Å². The van der Waals surface area contributed by atoms with Gasteiger partial charge in [0.25, 0.3) is 0 Å². The van der Waals surface area contributed by atoms with Gasteiger partial charge in [-0.1, -0.05) is 0 Å². The molecule has 0 aromatic rings. The van der Waals surface area contributed by atoms with Crippen LogP contribution in [-0.2, 0) is 14.4 Å². The van der Waals surface area contributed by atoms with Crippen LogP contribution >= 0.6 is 0 Å². The molecule has 0 saturated carbocycles. The second-order valence-electron chi connectivity index (χ2n) is 3.65. The fourth-order valence-corrected chi connectivity index (χ4v) is 1.12. The van der Waals surface area contributed by atoms with E-state index in [0.29, 0.717) is 0 Å². The van der Waals surface area contributed by atoms with Crippen molar-refractivity contribution < 1.29 is 24.6 Å². The Balaban J connectivity index is 4.24. The summed E-state index contributed by atoms with van der Waals surface area (Å²) in [6.07, 6.45) is 0. The first kappa shape index (κ1) is 14.4. The SMILES string of the molecule is CC(C)NC(=O)CN(CC(=O)O)CC(=O)O. The van der Waals surface area contributed by atoms with Gasteiger partial charge in [0.05, 0.1) is 19.6 Å². The lowest BCUT2D eigenvalue weighted by molar-refractivity contribution is -0.142. The van der Waals surface area contributed by atoms with Crippen LogP contribution in [0.1, 0.15) is 13.8 Å². The number of aliphatic carboxylic acids is 2. The van der Waals surface area contributed by atoms with E-state index in [1.165, 1.54) is 0 Å². The molecule has 1 amide bonds. The van der Waals surface area contributed by atoms with Gasteiger partial charge in [0.2, 0.25) is 5.91 Å². The largest absolute Gasteiger partial charge is 0.480 e. The van der Waals surface area contributed by atoms with E-state index in [-0.39, 0.29) is 12.6 Å². The predicted octanol–water partition coefficient (Wildman–Crippen LogP) is -1.02. The molecule has 0 bridgehead atoms. The predicted molar refractivity (Wildman–Crippen MR) is 55.0 cm³/mol. The van der Waals surface area contributed by atoms with Gasteiger partial charge in [-0.15, -0.1) is 0 Å². The number of carbonyl (C=O) groups is 3. The molecule has 7 nitrogen and oxygen atoms in total. The van der Waals surface area contributed by atoms with Crippen LogP contribution in [-0.4, -0.2) is 58.6 Å². The van der Waals surface area contributed by atoms with Crippen molar-refractivity contribution in [3.05, 3.63) is 0 Å². The number of nitrogens with zero attached hydrogens (tertiary/aromatic N) is 1. The summed E-state index contributed by atoms with van der Waals surface area (Å²) in [4.78, 5) is 33.2. The van der Waals surface area contributed by atoms with Gasteiger partial charge in [0.1, 0.15) is 0 Å². The third-order valence-electron chi connectivity index (χ3n) is 1.53. The van der Waals surface area contributed by atoms with Gasteiger partial charge in [-0.2, -0.15) is 0 Å². The molecule has 16 heavy (non-hydrogen) atoms. The first-order valence-corrected chi connectivity index (χ1v) is 4.76. The van der Waals surface area contributed by atoms with Gasteiger partial charge in [-0.25, -0.2) is 0 Å². The molecule has 7 heteroatoms. The molecular formula is C9H16N2O5. The van der Waals surface area contributed by atoms with Crippen LogP contribution in [0.2, 0.25) is 0 Å². The molecule has 0 atom stereocenters. The van der Waals surface area contributed by atoms with E-state index >= 15 is 0 Å². The standard InChI is InChI=1S/C9H16N2O5/c1-6(2)10-7(12)3-11(4-8(13)14)5-9(15)16/h6H,3-5H2,1-2H3,(H,10,12)(H,13,14)(H,15,16). The van der Waals surface area contributed by atoms with Crippen molar-refractivity contribution in [2.24, 2.45) is 0 Å². The summed E-state index contributed by atoms with van der Waals surface area (Å²) >= 11 is 0. The zero-order valence-electron chi connectivity index (χ0n) is 9.27. The number of carbonyl (C=O) groups excluding carboxylic acids is 1. The maximum atomic E-state index is 11.3. The Morgan fingerprint density at radius 3 is 1.81 bits per heavy atom. The van der Waals surface area contributed by atoms with Gasteiger partial charge < -0.3 is 15.5 Å². The molecule has 0 fully saturated rings. The van der Waals surface area contributed by atoms with E-state index in [9.17, 15) is 14.4 Å². The van der Waals surface area contributed by atoms with Crippen LogP contribution in [0, 0.1) is 0 Å². The van der Waals surface area contributed by atoms with E-state index in [4.69, 9.17) is 10.2 Å². The van der Waals surface area contributed by atoms with Gasteiger partial charge in [-0.05, 0) is 13.8 Å². The molecule has 0 aliphatic rings. The quantitative estimate of drug-likeness (QED) is 0.518. The zero-order valence-corrected chi connectivity index (χ0v) is 9.27. The van der Waals surface area contributed by atoms with Crippen molar-refractivity contribution in [3.8, 4) is 0 Å². The molecule has 0 aromatic carbocycles. The van der Waals surface area contributed by atoms with Gasteiger partial charge in [-0.3, -0.25) is 19.3 Å². The highest BCUT2D eigenvalue weighted by Crippen LogP contribution is 1.89. The molecule has 0 rings (SSSR count). The van der Waals surface area contributed by atoms with Crippen molar-refractivity contribution >= 4 is 17.8 Å². The molecule has 0 radical (unpaired) electrons. The third-order valence-corrected chi connectivity index (χ3v) is 1.53. The molecule has 0 aromatic heterocycles. The summed E-state index contributed by atoms with van der Waals surface area (Å²) in [5, 5.41) is 19.6. The third kappa shape index (κ3) is 7.74. The number of rotatable bonds is 7. The van der Waals surface area contributed by atoms with Gasteiger partial charge >= 0.3 is 11.9 Å². The van der Waals surface area contributed by atoms with E-state index in [2.05, 4.69) is 5.32 Å². The van der Waals surface area contributed by atoms with Crippen molar-refractivity contribution in [2.45, 2.75) is 19.9 Å². The highest BCUT2D eigenvalue weighted by molar-refractivity contribution is 5.80. The van der Waals surface area contributed by atoms with E-state index in [1.807, 2.05) is 0 Å². The Labute approximate surface area is 93.0 Å². The smallest absolute Gasteiger partial charge is 0.317 e. The molecule has 0 heterocycles. The highest BCUT2D eigenvalue weighted by atomic mass is 16.4. The van der Waals surface area contributed by atoms with Crippen molar-refractivity contribution in [1.29, 1.82) is 0 Å². The first-order chi connectivity index (χ1) is 7.31. The number of hydrogen-bond donors (Lipinski definition) is 3. The molecule has 0 aliphatic carbocycles. The molecule has 0 saturated heterocycles. The lowest BCUT2D eigenvalue weighted by Crippen LogP contribution is -2.43. The minimum atomic E-state index is -1.17. The van der Waals surface area contributed by atoms with Crippen LogP contribution in [0.4, 0.5) is 0 Å². The van der Waals surface area contributed by atoms with Gasteiger partial charge in [0, 0.05) is 6.04 Å². The van der Waals surface area contributed by atoms with Crippen molar-refractivity contribution in [1.82, 2.24) is 10.2 Å². The van der Waals surface area contributed by atoms with E-state index in [0.717, 1.165) is 4.90 Å². The lowest BCUT2D eigenvalue weighted by Gasteiger charge is -2.18. The lowest BCUT2D eigenvalue weighted by atomic mass is 10.3. The second kappa shape index (κ2) is 6.78. The summed E-state index contributed by atoms with van der Waals surface area (Å²) in [6.45, 7) is 2.33. The van der Waals surface area contributed by atoms with Crippen LogP contribution in [0.25, 0.3) is 0 Å². The summed E-state index contributed by atoms with van der Waals surface area (Å²) in [5.41, 5.74) is 0. The Morgan fingerprint density at radius 2 is 1.50 bits per heavy atom. The van der Waals surface area contributed by atoms with E-state index in [1.54, 1.807) is 13.8 Å². The molecule has 0 unspecified atom stereocenters. The first-order valence-electron chi connectivity index (χ1n) is 4.76.